The molecule has 0 spiro atoms. The zero-order chi connectivity index (χ0) is 19.1. The first-order chi connectivity index (χ1) is 11.5. The lowest BCUT2D eigenvalue weighted by atomic mass is 10.1. The number of thioether (sulfide) groups is 1. The molecule has 0 aliphatic carbocycles. The van der Waals surface area contributed by atoms with Crippen LogP contribution in [0.15, 0.2) is 29.3 Å². The number of benzene rings is 1. The van der Waals surface area contributed by atoms with E-state index in [-0.39, 0.29) is 6.09 Å². The Labute approximate surface area is 157 Å². The molecule has 6 heteroatoms. The first kappa shape index (κ1) is 21.8. The van der Waals surface area contributed by atoms with Gasteiger partial charge in [-0.25, -0.2) is 4.79 Å². The van der Waals surface area contributed by atoms with Crippen LogP contribution >= 0.6 is 11.8 Å². The number of hydrogen-bond acceptors (Lipinski definition) is 4. The van der Waals surface area contributed by atoms with Crippen LogP contribution in [0.5, 0.6) is 0 Å². The van der Waals surface area contributed by atoms with Crippen LogP contribution in [0.3, 0.4) is 0 Å². The number of nitrogens with one attached hydrogen (secondary N) is 1. The van der Waals surface area contributed by atoms with Gasteiger partial charge in [0.1, 0.15) is 5.60 Å². The molecule has 1 N–H and O–H groups in total. The standard InChI is InChI=1S/C19H32N2O2SSi/c1-19(2,3)23-18(22)20-13-12-15-8-10-16(11-9-15)17(24-4)21-14-25(5,6)7/h8-11H,12-14H2,1-7H3,(H,20,22). The van der Waals surface area contributed by atoms with E-state index in [0.29, 0.717) is 6.54 Å². The summed E-state index contributed by atoms with van der Waals surface area (Å²) in [5.74, 6) is 0. The first-order valence-electron chi connectivity index (χ1n) is 8.65. The zero-order valence-corrected chi connectivity index (χ0v) is 18.4. The summed E-state index contributed by atoms with van der Waals surface area (Å²) in [4.78, 5) is 16.4. The van der Waals surface area contributed by atoms with Gasteiger partial charge in [0.05, 0.1) is 13.1 Å². The number of amides is 1. The molecule has 4 nitrogen and oxygen atoms in total. The second kappa shape index (κ2) is 9.43. The van der Waals surface area contributed by atoms with Crippen molar-refractivity contribution in [1.29, 1.82) is 0 Å². The zero-order valence-electron chi connectivity index (χ0n) is 16.6. The molecule has 0 unspecified atom stereocenters. The summed E-state index contributed by atoms with van der Waals surface area (Å²) in [6, 6.07) is 8.43. The fourth-order valence-corrected chi connectivity index (χ4v) is 3.33. The second-order valence-electron chi connectivity index (χ2n) is 8.26. The molecular weight excluding hydrogens is 348 g/mol. The van der Waals surface area contributed by atoms with Crippen molar-refractivity contribution in [3.05, 3.63) is 35.4 Å². The minimum absolute atomic E-state index is 0.368. The van der Waals surface area contributed by atoms with Crippen molar-refractivity contribution in [3.63, 3.8) is 0 Å². The number of aliphatic imine (C=N–C) groups is 1. The third-order valence-electron chi connectivity index (χ3n) is 3.17. The Morgan fingerprint density at radius 3 is 2.28 bits per heavy atom. The predicted octanol–water partition coefficient (Wildman–Crippen LogP) is 4.74. The maximum atomic E-state index is 11.6. The Morgan fingerprint density at radius 2 is 1.80 bits per heavy atom. The molecule has 0 fully saturated rings. The van der Waals surface area contributed by atoms with Gasteiger partial charge in [-0.05, 0) is 39.0 Å². The fraction of sp³-hybridized carbons (Fsp3) is 0.579. The van der Waals surface area contributed by atoms with Crippen LogP contribution < -0.4 is 5.32 Å². The highest BCUT2D eigenvalue weighted by Gasteiger charge is 2.15. The summed E-state index contributed by atoms with van der Waals surface area (Å²) in [5.41, 5.74) is 1.88. The molecule has 1 amide bonds. The van der Waals surface area contributed by atoms with Gasteiger partial charge >= 0.3 is 6.09 Å². The minimum Gasteiger partial charge on any atom is -0.444 e. The summed E-state index contributed by atoms with van der Waals surface area (Å²) in [6.07, 6.45) is 3.43. The van der Waals surface area contributed by atoms with Gasteiger partial charge in [-0.3, -0.25) is 4.99 Å². The molecule has 0 atom stereocenters. The number of rotatable bonds is 6. The van der Waals surface area contributed by atoms with Gasteiger partial charge in [-0.1, -0.05) is 43.9 Å². The molecule has 140 valence electrons. The third kappa shape index (κ3) is 9.70. The van der Waals surface area contributed by atoms with E-state index in [1.54, 1.807) is 11.8 Å². The fourth-order valence-electron chi connectivity index (χ4n) is 2.02. The summed E-state index contributed by atoms with van der Waals surface area (Å²) in [5, 5.41) is 3.89. The number of hydrogen-bond donors (Lipinski definition) is 1. The molecule has 1 rings (SSSR count). The van der Waals surface area contributed by atoms with Crippen molar-refractivity contribution in [2.24, 2.45) is 4.99 Å². The largest absolute Gasteiger partial charge is 0.444 e. The van der Waals surface area contributed by atoms with Crippen LogP contribution in [-0.2, 0) is 11.2 Å². The van der Waals surface area contributed by atoms with Gasteiger partial charge < -0.3 is 10.1 Å². The summed E-state index contributed by atoms with van der Waals surface area (Å²) in [7, 11) is -1.18. The van der Waals surface area contributed by atoms with Crippen LogP contribution in [-0.4, -0.2) is 43.8 Å². The van der Waals surface area contributed by atoms with Gasteiger partial charge in [0.25, 0.3) is 0 Å². The number of ether oxygens (including phenoxy) is 1. The average molecular weight is 381 g/mol. The summed E-state index contributed by atoms with van der Waals surface area (Å²) in [6.45, 7) is 13.1. The van der Waals surface area contributed by atoms with E-state index in [0.717, 1.165) is 23.2 Å². The number of nitrogens with zero attached hydrogens (tertiary/aromatic N) is 1. The van der Waals surface area contributed by atoms with Crippen molar-refractivity contribution in [3.8, 4) is 0 Å². The second-order valence-corrected chi connectivity index (χ2v) is 14.5. The molecule has 0 saturated carbocycles. The van der Waals surface area contributed by atoms with E-state index in [4.69, 9.17) is 9.73 Å². The maximum absolute atomic E-state index is 11.6. The first-order valence-corrected chi connectivity index (χ1v) is 13.6. The normalized spacial score (nSPS) is 12.8. The molecule has 25 heavy (non-hydrogen) atoms. The van der Waals surface area contributed by atoms with Crippen LogP contribution in [0.2, 0.25) is 19.6 Å². The monoisotopic (exact) mass is 380 g/mol. The third-order valence-corrected chi connectivity index (χ3v) is 5.03. The van der Waals surface area contributed by atoms with Crippen LogP contribution in [0.25, 0.3) is 0 Å². The van der Waals surface area contributed by atoms with E-state index < -0.39 is 13.7 Å². The van der Waals surface area contributed by atoms with Crippen LogP contribution in [0, 0.1) is 0 Å². The van der Waals surface area contributed by atoms with Gasteiger partial charge in [-0.15, -0.1) is 11.8 Å². The minimum atomic E-state index is -1.18. The molecule has 0 aromatic heterocycles. The Morgan fingerprint density at radius 1 is 1.20 bits per heavy atom. The highest BCUT2D eigenvalue weighted by Crippen LogP contribution is 2.14. The average Bonchev–Trinajstić information content (AvgIpc) is 2.46. The van der Waals surface area contributed by atoms with E-state index in [1.807, 2.05) is 20.8 Å². The van der Waals surface area contributed by atoms with E-state index in [9.17, 15) is 4.79 Å². The van der Waals surface area contributed by atoms with Gasteiger partial charge in [0.2, 0.25) is 0 Å². The van der Waals surface area contributed by atoms with E-state index in [2.05, 4.69) is 55.5 Å². The summed E-state index contributed by atoms with van der Waals surface area (Å²) < 4.78 is 5.23. The molecule has 0 bridgehead atoms. The lowest BCUT2D eigenvalue weighted by molar-refractivity contribution is 0.0528. The van der Waals surface area contributed by atoms with Crippen molar-refractivity contribution in [2.45, 2.75) is 52.4 Å². The van der Waals surface area contributed by atoms with Gasteiger partial charge in [0, 0.05) is 18.3 Å². The Hall–Kier alpha value is -1.27. The lowest BCUT2D eigenvalue weighted by Gasteiger charge is -2.19. The predicted molar refractivity (Wildman–Crippen MR) is 113 cm³/mol. The Kier molecular flexibility index (Phi) is 8.21. The van der Waals surface area contributed by atoms with Crippen molar-refractivity contribution in [1.82, 2.24) is 5.32 Å². The number of alkyl carbamates (subject to hydrolysis) is 1. The molecule has 1 aromatic carbocycles. The quantitative estimate of drug-likeness (QED) is 0.440. The van der Waals surface area contributed by atoms with Crippen molar-refractivity contribution >= 4 is 31.0 Å². The van der Waals surface area contributed by atoms with Crippen molar-refractivity contribution in [2.75, 3.05) is 19.0 Å². The smallest absolute Gasteiger partial charge is 0.407 e. The van der Waals surface area contributed by atoms with Gasteiger partial charge in [-0.2, -0.15) is 0 Å². The Bertz CT molecular complexity index is 587. The number of carbonyl (C=O) groups excluding carboxylic acids is 1. The molecule has 1 aromatic rings. The topological polar surface area (TPSA) is 50.7 Å². The molecule has 0 heterocycles. The van der Waals surface area contributed by atoms with E-state index >= 15 is 0 Å². The highest BCUT2D eigenvalue weighted by molar-refractivity contribution is 8.13. The molecular formula is C19H32N2O2SSi. The number of carbonyl (C=O) groups is 1. The van der Waals surface area contributed by atoms with Crippen LogP contribution in [0.4, 0.5) is 4.79 Å². The van der Waals surface area contributed by atoms with Crippen molar-refractivity contribution < 1.29 is 9.53 Å². The van der Waals surface area contributed by atoms with Gasteiger partial charge in [0.15, 0.2) is 0 Å². The molecule has 0 aliphatic heterocycles. The highest BCUT2D eigenvalue weighted by atomic mass is 32.2. The summed E-state index contributed by atoms with van der Waals surface area (Å²) >= 11 is 1.70. The SMILES string of the molecule is CSC(=NC[Si](C)(C)C)c1ccc(CCNC(=O)OC(C)(C)C)cc1. The maximum Gasteiger partial charge on any atom is 0.407 e. The van der Waals surface area contributed by atoms with Crippen LogP contribution in [0.1, 0.15) is 31.9 Å². The lowest BCUT2D eigenvalue weighted by Crippen LogP contribution is -2.33. The molecule has 0 aliphatic rings. The molecule has 0 saturated heterocycles. The molecule has 0 radical (unpaired) electrons. The van der Waals surface area contributed by atoms with E-state index in [1.165, 1.54) is 5.56 Å². The Balaban J connectivity index is 2.57.